The second-order valence-corrected chi connectivity index (χ2v) is 6.99. The topological polar surface area (TPSA) is 61.3 Å². The fourth-order valence-corrected chi connectivity index (χ4v) is 3.32. The summed E-state index contributed by atoms with van der Waals surface area (Å²) in [7, 11) is 0. The zero-order valence-corrected chi connectivity index (χ0v) is 15.1. The van der Waals surface area contributed by atoms with Gasteiger partial charge in [0.15, 0.2) is 0 Å². The summed E-state index contributed by atoms with van der Waals surface area (Å²) in [6.45, 7) is 2.96. The number of benzene rings is 1. The van der Waals surface area contributed by atoms with Crippen molar-refractivity contribution in [1.29, 1.82) is 0 Å². The molecule has 1 fully saturated rings. The van der Waals surface area contributed by atoms with Crippen molar-refractivity contribution < 1.29 is 5.11 Å². The van der Waals surface area contributed by atoms with E-state index in [9.17, 15) is 5.11 Å². The van der Waals surface area contributed by atoms with E-state index < -0.39 is 0 Å². The van der Waals surface area contributed by atoms with E-state index >= 15 is 0 Å². The first kappa shape index (κ1) is 18.0. The Morgan fingerprint density at radius 2 is 2.08 bits per heavy atom. The molecule has 5 nitrogen and oxygen atoms in total. The predicted molar refractivity (Wildman–Crippen MR) is 102 cm³/mol. The summed E-state index contributed by atoms with van der Waals surface area (Å²) in [6.07, 6.45) is 5.83. The highest BCUT2D eigenvalue weighted by molar-refractivity contribution is 6.30. The molecule has 2 heterocycles. The Balaban J connectivity index is 1.49. The van der Waals surface area contributed by atoms with E-state index in [4.69, 9.17) is 11.6 Å². The molecule has 1 atom stereocenters. The number of aliphatic hydroxyl groups is 1. The minimum absolute atomic E-state index is 0.247. The van der Waals surface area contributed by atoms with Gasteiger partial charge in [0.25, 0.3) is 0 Å². The lowest BCUT2D eigenvalue weighted by Crippen LogP contribution is -2.37. The molecule has 134 valence electrons. The van der Waals surface area contributed by atoms with Gasteiger partial charge in [-0.1, -0.05) is 23.7 Å². The number of aryl methyl sites for hydroxylation is 1. The Labute approximate surface area is 154 Å². The van der Waals surface area contributed by atoms with Crippen LogP contribution in [0.2, 0.25) is 5.02 Å². The number of piperidine rings is 1. The Morgan fingerprint density at radius 3 is 2.88 bits per heavy atom. The molecule has 2 aromatic rings. The van der Waals surface area contributed by atoms with Crippen LogP contribution in [0.5, 0.6) is 0 Å². The molecule has 3 rings (SSSR count). The Hall–Kier alpha value is -1.85. The molecule has 0 radical (unpaired) electrons. The van der Waals surface area contributed by atoms with Crippen molar-refractivity contribution in [2.45, 2.75) is 25.7 Å². The first-order valence-electron chi connectivity index (χ1n) is 8.91. The molecule has 1 saturated heterocycles. The number of aromatic nitrogens is 2. The van der Waals surface area contributed by atoms with Crippen LogP contribution >= 0.6 is 11.6 Å². The summed E-state index contributed by atoms with van der Waals surface area (Å²) in [5.41, 5.74) is 1.29. The third kappa shape index (κ3) is 5.31. The fraction of sp³-hybridized carbons (Fsp3) is 0.474. The number of hydrogen-bond acceptors (Lipinski definition) is 5. The molecule has 0 bridgehead atoms. The average Bonchev–Trinajstić information content (AvgIpc) is 2.67. The van der Waals surface area contributed by atoms with Crippen molar-refractivity contribution in [2.24, 2.45) is 5.92 Å². The van der Waals surface area contributed by atoms with Crippen molar-refractivity contribution in [2.75, 3.05) is 36.5 Å². The number of nitrogens with one attached hydrogen (secondary N) is 1. The third-order valence-electron chi connectivity index (χ3n) is 4.62. The summed E-state index contributed by atoms with van der Waals surface area (Å²) < 4.78 is 0. The molecule has 0 spiro atoms. The van der Waals surface area contributed by atoms with E-state index in [0.717, 1.165) is 62.0 Å². The van der Waals surface area contributed by atoms with Gasteiger partial charge in [0, 0.05) is 37.3 Å². The van der Waals surface area contributed by atoms with Crippen molar-refractivity contribution in [3.05, 3.63) is 47.2 Å². The van der Waals surface area contributed by atoms with Crippen LogP contribution in [-0.2, 0) is 6.42 Å². The monoisotopic (exact) mass is 360 g/mol. The van der Waals surface area contributed by atoms with E-state index in [-0.39, 0.29) is 6.61 Å². The quantitative estimate of drug-likeness (QED) is 0.741. The largest absolute Gasteiger partial charge is 0.396 e. The molecule has 1 aromatic heterocycles. The molecular formula is C19H25ClN4O. The molecule has 1 unspecified atom stereocenters. The van der Waals surface area contributed by atoms with Gasteiger partial charge in [-0.2, -0.15) is 0 Å². The molecule has 0 amide bonds. The Morgan fingerprint density at radius 1 is 1.24 bits per heavy atom. The highest BCUT2D eigenvalue weighted by atomic mass is 35.5. The second-order valence-electron chi connectivity index (χ2n) is 6.56. The van der Waals surface area contributed by atoms with E-state index in [1.807, 2.05) is 18.2 Å². The van der Waals surface area contributed by atoms with E-state index in [1.54, 1.807) is 6.33 Å². The number of rotatable bonds is 7. The first-order valence-corrected chi connectivity index (χ1v) is 9.28. The lowest BCUT2D eigenvalue weighted by molar-refractivity contribution is 0.208. The summed E-state index contributed by atoms with van der Waals surface area (Å²) in [5, 5.41) is 13.5. The number of hydrogen-bond donors (Lipinski definition) is 2. The van der Waals surface area contributed by atoms with Crippen LogP contribution in [0.1, 0.15) is 24.8 Å². The summed E-state index contributed by atoms with van der Waals surface area (Å²) in [5.74, 6) is 2.14. The maximum absolute atomic E-state index is 9.38. The van der Waals surface area contributed by atoms with Crippen LogP contribution in [0.4, 0.5) is 11.6 Å². The van der Waals surface area contributed by atoms with Gasteiger partial charge < -0.3 is 15.3 Å². The molecule has 1 aliphatic heterocycles. The summed E-state index contributed by atoms with van der Waals surface area (Å²) >= 11 is 5.91. The van der Waals surface area contributed by atoms with Crippen LogP contribution in [0.15, 0.2) is 36.7 Å². The smallest absolute Gasteiger partial charge is 0.134 e. The van der Waals surface area contributed by atoms with E-state index in [0.29, 0.717) is 5.92 Å². The van der Waals surface area contributed by atoms with Gasteiger partial charge in [-0.25, -0.2) is 9.97 Å². The van der Waals surface area contributed by atoms with E-state index in [1.165, 1.54) is 5.56 Å². The molecule has 1 aromatic carbocycles. The molecule has 2 N–H and O–H groups in total. The molecule has 0 saturated carbocycles. The first-order chi connectivity index (χ1) is 12.2. The van der Waals surface area contributed by atoms with Gasteiger partial charge >= 0.3 is 0 Å². The van der Waals surface area contributed by atoms with Crippen LogP contribution in [0.3, 0.4) is 0 Å². The van der Waals surface area contributed by atoms with Crippen molar-refractivity contribution in [1.82, 2.24) is 9.97 Å². The molecule has 0 aliphatic carbocycles. The van der Waals surface area contributed by atoms with Crippen LogP contribution in [0.25, 0.3) is 0 Å². The minimum Gasteiger partial charge on any atom is -0.396 e. The maximum atomic E-state index is 9.38. The van der Waals surface area contributed by atoms with Crippen LogP contribution in [-0.4, -0.2) is 41.3 Å². The second kappa shape index (κ2) is 9.02. The van der Waals surface area contributed by atoms with Gasteiger partial charge in [0.2, 0.25) is 0 Å². The zero-order chi connectivity index (χ0) is 17.5. The average molecular weight is 361 g/mol. The number of nitrogens with zero attached hydrogens (tertiary/aromatic N) is 3. The fourth-order valence-electron chi connectivity index (χ4n) is 3.20. The zero-order valence-electron chi connectivity index (χ0n) is 14.4. The van der Waals surface area contributed by atoms with Crippen LogP contribution in [0, 0.1) is 5.92 Å². The Bertz CT molecular complexity index is 665. The van der Waals surface area contributed by atoms with Crippen LogP contribution < -0.4 is 10.2 Å². The highest BCUT2D eigenvalue weighted by Gasteiger charge is 2.20. The number of halogens is 1. The van der Waals surface area contributed by atoms with Gasteiger partial charge in [0.1, 0.15) is 18.0 Å². The SMILES string of the molecule is OCC1CCCN(c2cc(NCCCc3ccc(Cl)cc3)ncn2)C1. The highest BCUT2D eigenvalue weighted by Crippen LogP contribution is 2.22. The predicted octanol–water partition coefficient (Wildman–Crippen LogP) is 3.38. The van der Waals surface area contributed by atoms with Gasteiger partial charge in [-0.3, -0.25) is 0 Å². The summed E-state index contributed by atoms with van der Waals surface area (Å²) in [6, 6.07) is 10.00. The lowest BCUT2D eigenvalue weighted by Gasteiger charge is -2.32. The lowest BCUT2D eigenvalue weighted by atomic mass is 9.99. The Kier molecular flexibility index (Phi) is 6.48. The van der Waals surface area contributed by atoms with Crippen molar-refractivity contribution in [3.63, 3.8) is 0 Å². The normalized spacial score (nSPS) is 17.5. The third-order valence-corrected chi connectivity index (χ3v) is 4.87. The van der Waals surface area contributed by atoms with Gasteiger partial charge in [0.05, 0.1) is 0 Å². The number of anilines is 2. The molecule has 6 heteroatoms. The maximum Gasteiger partial charge on any atom is 0.134 e. The molecule has 25 heavy (non-hydrogen) atoms. The molecule has 1 aliphatic rings. The van der Waals surface area contributed by atoms with E-state index in [2.05, 4.69) is 32.3 Å². The minimum atomic E-state index is 0.247. The molecular weight excluding hydrogens is 336 g/mol. The van der Waals surface area contributed by atoms with Crippen molar-refractivity contribution >= 4 is 23.2 Å². The van der Waals surface area contributed by atoms with Gasteiger partial charge in [-0.15, -0.1) is 0 Å². The standard InChI is InChI=1S/C19H25ClN4O/c20-17-7-5-15(6-8-17)3-1-9-21-18-11-19(23-14-22-18)24-10-2-4-16(12-24)13-25/h5-8,11,14,16,25H,1-4,9-10,12-13H2,(H,21,22,23). The summed E-state index contributed by atoms with van der Waals surface area (Å²) in [4.78, 5) is 11.0. The van der Waals surface area contributed by atoms with Crippen molar-refractivity contribution in [3.8, 4) is 0 Å². The number of aliphatic hydroxyl groups excluding tert-OH is 1. The van der Waals surface area contributed by atoms with Gasteiger partial charge in [-0.05, 0) is 49.3 Å².